The Kier molecular flexibility index (Phi) is 4.72. The minimum absolute atomic E-state index is 0.0671. The predicted octanol–water partition coefficient (Wildman–Crippen LogP) is 3.75. The van der Waals surface area contributed by atoms with E-state index in [-0.39, 0.29) is 11.3 Å². The normalized spacial score (nSPS) is 17.7. The number of pyridine rings is 1. The van der Waals surface area contributed by atoms with Crippen LogP contribution < -0.4 is 14.8 Å². The lowest BCUT2D eigenvalue weighted by Crippen LogP contribution is -2.39. The Bertz CT molecular complexity index is 818. The van der Waals surface area contributed by atoms with Gasteiger partial charge in [0.1, 0.15) is 18.4 Å². The summed E-state index contributed by atoms with van der Waals surface area (Å²) in [4.78, 5) is 16.4. The van der Waals surface area contributed by atoms with Crippen molar-refractivity contribution < 1.29 is 14.3 Å². The summed E-state index contributed by atoms with van der Waals surface area (Å²) in [6.07, 6.45) is 5.95. The van der Waals surface area contributed by atoms with Crippen LogP contribution in [0.3, 0.4) is 0 Å². The van der Waals surface area contributed by atoms with Crippen molar-refractivity contribution >= 4 is 17.5 Å². The van der Waals surface area contributed by atoms with Gasteiger partial charge in [-0.15, -0.1) is 0 Å². The number of amides is 1. The second-order valence-electron chi connectivity index (χ2n) is 6.90. The average Bonchev–Trinajstić information content (AvgIpc) is 3.16. The van der Waals surface area contributed by atoms with Gasteiger partial charge in [0.2, 0.25) is 0 Å². The number of rotatable bonds is 4. The lowest BCUT2D eigenvalue weighted by molar-refractivity contribution is 0.0943. The lowest BCUT2D eigenvalue weighted by Gasteiger charge is -2.31. The van der Waals surface area contributed by atoms with E-state index in [1.807, 2.05) is 6.07 Å². The van der Waals surface area contributed by atoms with Crippen molar-refractivity contribution in [3.63, 3.8) is 0 Å². The topological polar surface area (TPSA) is 60.5 Å². The van der Waals surface area contributed by atoms with Gasteiger partial charge in [0, 0.05) is 23.7 Å². The fourth-order valence-corrected chi connectivity index (χ4v) is 4.06. The van der Waals surface area contributed by atoms with E-state index < -0.39 is 0 Å². The van der Waals surface area contributed by atoms with E-state index in [4.69, 9.17) is 21.1 Å². The molecular weight excluding hydrogens is 352 g/mol. The quantitative estimate of drug-likeness (QED) is 0.830. The van der Waals surface area contributed by atoms with Crippen LogP contribution in [0.2, 0.25) is 5.15 Å². The van der Waals surface area contributed by atoms with Gasteiger partial charge in [-0.1, -0.05) is 30.5 Å². The lowest BCUT2D eigenvalue weighted by atomic mass is 9.78. The Morgan fingerprint density at radius 3 is 2.65 bits per heavy atom. The molecule has 5 nitrogen and oxygen atoms in total. The summed E-state index contributed by atoms with van der Waals surface area (Å²) in [7, 11) is 0. The standard InChI is InChI=1S/C20H21ClN2O3/c21-18-11-14(5-8-22-18)19(24)23-13-20(6-1-2-7-20)15-3-4-16-17(12-15)26-10-9-25-16/h3-5,8,11-12H,1-2,6-7,9-10,13H2,(H,23,24). The van der Waals surface area contributed by atoms with Crippen LogP contribution in [-0.2, 0) is 5.41 Å². The van der Waals surface area contributed by atoms with Crippen LogP contribution in [-0.4, -0.2) is 30.6 Å². The van der Waals surface area contributed by atoms with E-state index >= 15 is 0 Å². The molecule has 6 heteroatoms. The summed E-state index contributed by atoms with van der Waals surface area (Å²) >= 11 is 5.89. The van der Waals surface area contributed by atoms with Crippen LogP contribution in [0.5, 0.6) is 11.5 Å². The first-order chi connectivity index (χ1) is 12.7. The first kappa shape index (κ1) is 17.2. The zero-order valence-corrected chi connectivity index (χ0v) is 15.2. The van der Waals surface area contributed by atoms with Crippen molar-refractivity contribution in [2.45, 2.75) is 31.1 Å². The van der Waals surface area contributed by atoms with Gasteiger partial charge in [-0.2, -0.15) is 0 Å². The highest BCUT2D eigenvalue weighted by Gasteiger charge is 2.36. The molecule has 1 N–H and O–H groups in total. The SMILES string of the molecule is O=C(NCC1(c2ccc3c(c2)OCCO3)CCCC1)c1ccnc(Cl)c1. The number of benzene rings is 1. The Morgan fingerprint density at radius 1 is 1.12 bits per heavy atom. The van der Waals surface area contributed by atoms with Crippen LogP contribution in [0.1, 0.15) is 41.6 Å². The second-order valence-corrected chi connectivity index (χ2v) is 7.28. The molecule has 1 saturated carbocycles. The molecule has 2 aliphatic rings. The minimum Gasteiger partial charge on any atom is -0.486 e. The molecule has 0 radical (unpaired) electrons. The molecular formula is C20H21ClN2O3. The Hall–Kier alpha value is -2.27. The largest absolute Gasteiger partial charge is 0.486 e. The number of halogens is 1. The third kappa shape index (κ3) is 3.36. The van der Waals surface area contributed by atoms with Gasteiger partial charge in [-0.05, 0) is 42.7 Å². The van der Waals surface area contributed by atoms with E-state index in [2.05, 4.69) is 22.4 Å². The van der Waals surface area contributed by atoms with Crippen molar-refractivity contribution in [1.29, 1.82) is 0 Å². The maximum Gasteiger partial charge on any atom is 0.251 e. The zero-order chi connectivity index (χ0) is 18.0. The number of nitrogens with one attached hydrogen (secondary N) is 1. The Morgan fingerprint density at radius 2 is 1.88 bits per heavy atom. The van der Waals surface area contributed by atoms with E-state index in [9.17, 15) is 4.79 Å². The third-order valence-corrected chi connectivity index (χ3v) is 5.50. The highest BCUT2D eigenvalue weighted by molar-refractivity contribution is 6.29. The van der Waals surface area contributed by atoms with Gasteiger partial charge in [0.25, 0.3) is 5.91 Å². The molecule has 0 unspecified atom stereocenters. The Labute approximate surface area is 157 Å². The van der Waals surface area contributed by atoms with E-state index in [0.29, 0.717) is 30.5 Å². The minimum atomic E-state index is -0.127. The van der Waals surface area contributed by atoms with Gasteiger partial charge in [0.05, 0.1) is 0 Å². The number of ether oxygens (including phenoxy) is 2. The molecule has 1 fully saturated rings. The van der Waals surface area contributed by atoms with Crippen molar-refractivity contribution in [2.24, 2.45) is 0 Å². The molecule has 1 aliphatic carbocycles. The number of fused-ring (bicyclic) bond motifs is 1. The molecule has 0 saturated heterocycles. The molecule has 2 heterocycles. The Balaban J connectivity index is 1.54. The zero-order valence-electron chi connectivity index (χ0n) is 14.5. The number of aromatic nitrogens is 1. The molecule has 0 spiro atoms. The molecule has 1 aromatic heterocycles. The van der Waals surface area contributed by atoms with E-state index in [0.717, 1.165) is 37.2 Å². The first-order valence-corrected chi connectivity index (χ1v) is 9.34. The fraction of sp³-hybridized carbons (Fsp3) is 0.400. The highest BCUT2D eigenvalue weighted by atomic mass is 35.5. The van der Waals surface area contributed by atoms with Crippen LogP contribution >= 0.6 is 11.6 Å². The highest BCUT2D eigenvalue weighted by Crippen LogP contribution is 2.43. The maximum absolute atomic E-state index is 12.5. The average molecular weight is 373 g/mol. The molecule has 136 valence electrons. The molecule has 0 atom stereocenters. The van der Waals surface area contributed by atoms with Gasteiger partial charge in [0.15, 0.2) is 11.5 Å². The van der Waals surface area contributed by atoms with Crippen LogP contribution in [0.25, 0.3) is 0 Å². The van der Waals surface area contributed by atoms with Crippen molar-refractivity contribution in [1.82, 2.24) is 10.3 Å². The second kappa shape index (κ2) is 7.16. The van der Waals surface area contributed by atoms with E-state index in [1.54, 1.807) is 18.3 Å². The summed E-state index contributed by atoms with van der Waals surface area (Å²) in [5.41, 5.74) is 1.66. The third-order valence-electron chi connectivity index (χ3n) is 5.29. The van der Waals surface area contributed by atoms with Gasteiger partial charge < -0.3 is 14.8 Å². The molecule has 1 aliphatic heterocycles. The summed E-state index contributed by atoms with van der Waals surface area (Å²) in [6.45, 7) is 1.75. The number of hydrogen-bond donors (Lipinski definition) is 1. The molecule has 1 aromatic carbocycles. The summed E-state index contributed by atoms with van der Waals surface area (Å²) in [5, 5.41) is 3.41. The van der Waals surface area contributed by atoms with E-state index in [1.165, 1.54) is 5.56 Å². The monoisotopic (exact) mass is 372 g/mol. The summed E-state index contributed by atoms with van der Waals surface area (Å²) in [5.74, 6) is 1.47. The number of carbonyl (C=O) groups is 1. The maximum atomic E-state index is 12.5. The van der Waals surface area contributed by atoms with Gasteiger partial charge >= 0.3 is 0 Å². The smallest absolute Gasteiger partial charge is 0.251 e. The molecule has 2 aromatic rings. The molecule has 1 amide bonds. The van der Waals surface area contributed by atoms with Crippen molar-refractivity contribution in [3.05, 3.63) is 52.8 Å². The van der Waals surface area contributed by atoms with Crippen LogP contribution in [0.4, 0.5) is 0 Å². The van der Waals surface area contributed by atoms with Crippen LogP contribution in [0, 0.1) is 0 Å². The summed E-state index contributed by atoms with van der Waals surface area (Å²) < 4.78 is 11.4. The fourth-order valence-electron chi connectivity index (χ4n) is 3.89. The molecule has 26 heavy (non-hydrogen) atoms. The van der Waals surface area contributed by atoms with Crippen molar-refractivity contribution in [2.75, 3.05) is 19.8 Å². The molecule has 4 rings (SSSR count). The summed E-state index contributed by atoms with van der Waals surface area (Å²) in [6, 6.07) is 9.42. The molecule has 0 bridgehead atoms. The van der Waals surface area contributed by atoms with Gasteiger partial charge in [-0.3, -0.25) is 4.79 Å². The van der Waals surface area contributed by atoms with Crippen LogP contribution in [0.15, 0.2) is 36.5 Å². The number of hydrogen-bond acceptors (Lipinski definition) is 4. The first-order valence-electron chi connectivity index (χ1n) is 8.96. The van der Waals surface area contributed by atoms with Gasteiger partial charge in [-0.25, -0.2) is 4.98 Å². The predicted molar refractivity (Wildman–Crippen MR) is 99.2 cm³/mol. The number of nitrogens with zero attached hydrogens (tertiary/aromatic N) is 1. The van der Waals surface area contributed by atoms with Crippen molar-refractivity contribution in [3.8, 4) is 11.5 Å². The number of carbonyl (C=O) groups excluding carboxylic acids is 1.